The van der Waals surface area contributed by atoms with Gasteiger partial charge in [0.25, 0.3) is 0 Å². The zero-order valence-electron chi connectivity index (χ0n) is 19.1. The van der Waals surface area contributed by atoms with E-state index >= 15 is 0 Å². The molecule has 0 saturated heterocycles. The van der Waals surface area contributed by atoms with Gasteiger partial charge in [-0.3, -0.25) is 4.79 Å². The zero-order chi connectivity index (χ0) is 21.2. The molecular weight excluding hydrogens is 348 g/mol. The molecule has 0 aliphatic carbocycles. The molecule has 0 spiro atoms. The van der Waals surface area contributed by atoms with Crippen molar-refractivity contribution in [2.24, 2.45) is 0 Å². The van der Waals surface area contributed by atoms with Crippen LogP contribution in [0.15, 0.2) is 6.07 Å². The van der Waals surface area contributed by atoms with Gasteiger partial charge in [0.05, 0.1) is 6.61 Å². The number of carbonyl (C=O) groups is 1. The van der Waals surface area contributed by atoms with Crippen LogP contribution in [0.1, 0.15) is 109 Å². The van der Waals surface area contributed by atoms with Gasteiger partial charge >= 0.3 is 5.97 Å². The first-order valence-corrected chi connectivity index (χ1v) is 11.3. The zero-order valence-corrected chi connectivity index (χ0v) is 19.1. The largest absolute Gasteiger partial charge is 0.507 e. The Bertz CT molecular complexity index is 611. The van der Waals surface area contributed by atoms with Crippen LogP contribution < -0.4 is 0 Å². The molecule has 0 atom stereocenters. The number of hydrogen-bond donors (Lipinski definition) is 1. The van der Waals surface area contributed by atoms with Gasteiger partial charge in [-0.05, 0) is 53.4 Å². The summed E-state index contributed by atoms with van der Waals surface area (Å²) >= 11 is 0. The molecule has 0 aliphatic heterocycles. The second kappa shape index (κ2) is 12.1. The van der Waals surface area contributed by atoms with E-state index in [-0.39, 0.29) is 11.4 Å². The van der Waals surface area contributed by atoms with Crippen LogP contribution in [-0.4, -0.2) is 17.7 Å². The van der Waals surface area contributed by atoms with Crippen molar-refractivity contribution in [2.45, 2.75) is 111 Å². The second-order valence-corrected chi connectivity index (χ2v) is 8.83. The number of aromatic hydroxyl groups is 1. The lowest BCUT2D eigenvalue weighted by Crippen LogP contribution is -2.15. The summed E-state index contributed by atoms with van der Waals surface area (Å²) in [5.74, 6) is 0.320. The van der Waals surface area contributed by atoms with E-state index in [4.69, 9.17) is 4.74 Å². The van der Waals surface area contributed by atoms with E-state index < -0.39 is 0 Å². The molecule has 1 aromatic rings. The van der Waals surface area contributed by atoms with Gasteiger partial charge in [-0.25, -0.2) is 0 Å². The predicted octanol–water partition coefficient (Wildman–Crippen LogP) is 6.65. The number of rotatable bonds is 12. The Balaban J connectivity index is 2.69. The van der Waals surface area contributed by atoms with Crippen molar-refractivity contribution in [2.75, 3.05) is 6.61 Å². The average molecular weight is 391 g/mol. The Kier molecular flexibility index (Phi) is 10.6. The number of benzene rings is 1. The molecule has 1 rings (SSSR count). The SMILES string of the molecule is CCCCCCCCOC(=O)CCc1cc(C(C)(C)C)c(O)c(CC)c1CC. The molecule has 28 heavy (non-hydrogen) atoms. The number of phenolic OH excluding ortho intramolecular Hbond substituents is 1. The van der Waals surface area contributed by atoms with Gasteiger partial charge in [0.1, 0.15) is 5.75 Å². The monoisotopic (exact) mass is 390 g/mol. The summed E-state index contributed by atoms with van der Waals surface area (Å²) < 4.78 is 5.43. The van der Waals surface area contributed by atoms with Gasteiger partial charge in [0.15, 0.2) is 0 Å². The van der Waals surface area contributed by atoms with E-state index in [0.29, 0.717) is 25.2 Å². The Morgan fingerprint density at radius 3 is 2.14 bits per heavy atom. The Hall–Kier alpha value is -1.51. The van der Waals surface area contributed by atoms with E-state index in [2.05, 4.69) is 47.6 Å². The molecule has 0 bridgehead atoms. The Labute approximate surface area is 172 Å². The number of carbonyl (C=O) groups excluding carboxylic acids is 1. The first kappa shape index (κ1) is 24.5. The van der Waals surface area contributed by atoms with Gasteiger partial charge in [-0.2, -0.15) is 0 Å². The van der Waals surface area contributed by atoms with Gasteiger partial charge in [-0.15, -0.1) is 0 Å². The maximum atomic E-state index is 12.2. The van der Waals surface area contributed by atoms with Crippen molar-refractivity contribution >= 4 is 5.97 Å². The minimum Gasteiger partial charge on any atom is -0.507 e. The number of aryl methyl sites for hydroxylation is 1. The number of phenols is 1. The molecule has 160 valence electrons. The van der Waals surface area contributed by atoms with Crippen molar-refractivity contribution in [3.8, 4) is 5.75 Å². The van der Waals surface area contributed by atoms with E-state index in [0.717, 1.165) is 36.8 Å². The number of ether oxygens (including phenoxy) is 1. The molecule has 3 nitrogen and oxygen atoms in total. The molecule has 0 saturated carbocycles. The molecule has 3 heteroatoms. The maximum Gasteiger partial charge on any atom is 0.306 e. The number of esters is 1. The second-order valence-electron chi connectivity index (χ2n) is 8.83. The van der Waals surface area contributed by atoms with Crippen LogP contribution in [0.4, 0.5) is 0 Å². The molecule has 0 amide bonds. The summed E-state index contributed by atoms with van der Waals surface area (Å²) in [5.41, 5.74) is 4.24. The summed E-state index contributed by atoms with van der Waals surface area (Å²) in [7, 11) is 0. The highest BCUT2D eigenvalue weighted by molar-refractivity contribution is 5.70. The Morgan fingerprint density at radius 2 is 1.57 bits per heavy atom. The van der Waals surface area contributed by atoms with Crippen molar-refractivity contribution in [3.05, 3.63) is 28.3 Å². The summed E-state index contributed by atoms with van der Waals surface area (Å²) in [4.78, 5) is 12.2. The lowest BCUT2D eigenvalue weighted by atomic mass is 9.80. The van der Waals surface area contributed by atoms with Gasteiger partial charge < -0.3 is 9.84 Å². The highest BCUT2D eigenvalue weighted by atomic mass is 16.5. The summed E-state index contributed by atoms with van der Waals surface area (Å²) in [6.45, 7) is 13.3. The first-order chi connectivity index (χ1) is 13.3. The molecule has 0 aromatic heterocycles. The smallest absolute Gasteiger partial charge is 0.306 e. The van der Waals surface area contributed by atoms with Crippen molar-refractivity contribution in [1.82, 2.24) is 0 Å². The molecule has 0 aliphatic rings. The third-order valence-corrected chi connectivity index (χ3v) is 5.49. The summed E-state index contributed by atoms with van der Waals surface area (Å²) in [6.07, 6.45) is 9.90. The van der Waals surface area contributed by atoms with E-state index in [9.17, 15) is 9.90 Å². The number of hydrogen-bond acceptors (Lipinski definition) is 3. The summed E-state index contributed by atoms with van der Waals surface area (Å²) in [6, 6.07) is 2.11. The van der Waals surface area contributed by atoms with Crippen LogP contribution in [0, 0.1) is 0 Å². The highest BCUT2D eigenvalue weighted by Crippen LogP contribution is 2.37. The van der Waals surface area contributed by atoms with Gasteiger partial charge in [0.2, 0.25) is 0 Å². The molecule has 1 N–H and O–H groups in total. The van der Waals surface area contributed by atoms with Crippen LogP contribution in [0.3, 0.4) is 0 Å². The Morgan fingerprint density at radius 1 is 0.964 bits per heavy atom. The van der Waals surface area contributed by atoms with Crippen LogP contribution in [0.2, 0.25) is 0 Å². The van der Waals surface area contributed by atoms with E-state index in [1.807, 2.05) is 0 Å². The fourth-order valence-electron chi connectivity index (χ4n) is 3.82. The van der Waals surface area contributed by atoms with Crippen LogP contribution in [0.5, 0.6) is 5.75 Å². The average Bonchev–Trinajstić information content (AvgIpc) is 2.64. The van der Waals surface area contributed by atoms with Gasteiger partial charge in [-0.1, -0.05) is 79.7 Å². The van der Waals surface area contributed by atoms with Crippen LogP contribution in [-0.2, 0) is 34.2 Å². The molecule has 0 heterocycles. The summed E-state index contributed by atoms with van der Waals surface area (Å²) in [5, 5.41) is 10.8. The molecular formula is C25H42O3. The quantitative estimate of drug-likeness (QED) is 0.321. The maximum absolute atomic E-state index is 12.2. The lowest BCUT2D eigenvalue weighted by Gasteiger charge is -2.25. The highest BCUT2D eigenvalue weighted by Gasteiger charge is 2.23. The van der Waals surface area contributed by atoms with E-state index in [1.165, 1.54) is 36.8 Å². The topological polar surface area (TPSA) is 46.5 Å². The predicted molar refractivity (Wildman–Crippen MR) is 118 cm³/mol. The standard InChI is InChI=1S/C25H42O3/c1-7-10-11-12-13-14-17-28-23(26)16-15-19-18-22(25(4,5)6)24(27)21(9-3)20(19)8-2/h18,27H,7-17H2,1-6H3. The van der Waals surface area contributed by atoms with E-state index in [1.54, 1.807) is 0 Å². The van der Waals surface area contributed by atoms with Crippen molar-refractivity contribution in [3.63, 3.8) is 0 Å². The first-order valence-electron chi connectivity index (χ1n) is 11.3. The van der Waals surface area contributed by atoms with Crippen LogP contribution in [0.25, 0.3) is 0 Å². The molecule has 0 fully saturated rings. The van der Waals surface area contributed by atoms with Crippen LogP contribution >= 0.6 is 0 Å². The van der Waals surface area contributed by atoms with Crippen molar-refractivity contribution < 1.29 is 14.6 Å². The van der Waals surface area contributed by atoms with Gasteiger partial charge in [0, 0.05) is 6.42 Å². The third kappa shape index (κ3) is 7.48. The fourth-order valence-corrected chi connectivity index (χ4v) is 3.82. The normalized spacial score (nSPS) is 11.6. The lowest BCUT2D eigenvalue weighted by molar-refractivity contribution is -0.143. The third-order valence-electron chi connectivity index (χ3n) is 5.49. The minimum absolute atomic E-state index is 0.112. The van der Waals surface area contributed by atoms with Crippen molar-refractivity contribution in [1.29, 1.82) is 0 Å². The molecule has 0 radical (unpaired) electrons. The minimum atomic E-state index is -0.132. The fraction of sp³-hybridized carbons (Fsp3) is 0.720. The number of unbranched alkanes of at least 4 members (excludes halogenated alkanes) is 5. The molecule has 1 aromatic carbocycles. The molecule has 0 unspecified atom stereocenters.